The smallest absolute Gasteiger partial charge is 0.202 e. The third kappa shape index (κ3) is 2.89. The maximum absolute atomic E-state index is 12.5. The molecule has 4 aromatic rings. The van der Waals surface area contributed by atoms with Gasteiger partial charge in [0.15, 0.2) is 17.2 Å². The van der Waals surface area contributed by atoms with Crippen LogP contribution in [0.25, 0.3) is 11.5 Å². The molecule has 0 amide bonds. The monoisotopic (exact) mass is 359 g/mol. The Kier molecular flexibility index (Phi) is 3.74. The Morgan fingerprint density at radius 2 is 2.11 bits per heavy atom. The van der Waals surface area contributed by atoms with E-state index in [1.54, 1.807) is 30.7 Å². The van der Waals surface area contributed by atoms with Gasteiger partial charge in [0.1, 0.15) is 0 Å². The van der Waals surface area contributed by atoms with Gasteiger partial charge in [0, 0.05) is 18.7 Å². The van der Waals surface area contributed by atoms with Gasteiger partial charge in [-0.25, -0.2) is 0 Å². The SMILES string of the molecule is O=C(Cc1cnn([C@H]2CCc3ccccc32)c1)c1cc(-c2ccco2)on1. The minimum Gasteiger partial charge on any atom is -0.461 e. The molecule has 3 aromatic heterocycles. The minimum absolute atomic E-state index is 0.108. The van der Waals surface area contributed by atoms with E-state index >= 15 is 0 Å². The number of Topliss-reactive ketones (excluding diaryl/α,β-unsaturated/α-hetero) is 1. The third-order valence-corrected chi connectivity index (χ3v) is 5.00. The number of aryl methyl sites for hydroxylation is 1. The Morgan fingerprint density at radius 1 is 1.19 bits per heavy atom. The van der Waals surface area contributed by atoms with Crippen molar-refractivity contribution in [2.45, 2.75) is 25.3 Å². The van der Waals surface area contributed by atoms with Gasteiger partial charge in [-0.3, -0.25) is 9.48 Å². The Bertz CT molecular complexity index is 1090. The van der Waals surface area contributed by atoms with Crippen molar-refractivity contribution in [2.75, 3.05) is 0 Å². The van der Waals surface area contributed by atoms with Crippen LogP contribution in [-0.2, 0) is 12.8 Å². The number of ketones is 1. The lowest BCUT2D eigenvalue weighted by Crippen LogP contribution is -2.08. The zero-order valence-corrected chi connectivity index (χ0v) is 14.5. The second-order valence-electron chi connectivity index (χ2n) is 6.74. The number of hydrogen-bond donors (Lipinski definition) is 0. The molecule has 1 aliphatic rings. The van der Waals surface area contributed by atoms with Crippen LogP contribution in [0.5, 0.6) is 0 Å². The molecular weight excluding hydrogens is 342 g/mol. The van der Waals surface area contributed by atoms with Gasteiger partial charge in [-0.15, -0.1) is 0 Å². The van der Waals surface area contributed by atoms with Crippen LogP contribution >= 0.6 is 0 Å². The van der Waals surface area contributed by atoms with E-state index in [1.165, 1.54) is 11.1 Å². The van der Waals surface area contributed by atoms with Crippen LogP contribution in [0.2, 0.25) is 0 Å². The van der Waals surface area contributed by atoms with Crippen molar-refractivity contribution in [3.05, 3.63) is 83.5 Å². The second kappa shape index (κ2) is 6.39. The lowest BCUT2D eigenvalue weighted by molar-refractivity contribution is 0.0984. The summed E-state index contributed by atoms with van der Waals surface area (Å²) in [6.45, 7) is 0. The number of nitrogens with zero attached hydrogens (tertiary/aromatic N) is 3. The van der Waals surface area contributed by atoms with Crippen molar-refractivity contribution >= 4 is 5.78 Å². The number of rotatable bonds is 5. The maximum Gasteiger partial charge on any atom is 0.202 e. The summed E-state index contributed by atoms with van der Waals surface area (Å²) in [5.74, 6) is 0.888. The molecule has 0 saturated heterocycles. The highest BCUT2D eigenvalue weighted by Crippen LogP contribution is 2.33. The fraction of sp³-hybridized carbons (Fsp3) is 0.190. The van der Waals surface area contributed by atoms with Gasteiger partial charge in [-0.05, 0) is 41.7 Å². The topological polar surface area (TPSA) is 74.1 Å². The average molecular weight is 359 g/mol. The summed E-state index contributed by atoms with van der Waals surface area (Å²) in [6.07, 6.45) is 7.59. The molecule has 6 nitrogen and oxygen atoms in total. The van der Waals surface area contributed by atoms with Crippen molar-refractivity contribution < 1.29 is 13.7 Å². The Hall–Kier alpha value is -3.41. The fourth-order valence-corrected chi connectivity index (χ4v) is 3.67. The Morgan fingerprint density at radius 3 is 3.00 bits per heavy atom. The van der Waals surface area contributed by atoms with Crippen LogP contribution in [0.15, 0.2) is 70.1 Å². The number of aromatic nitrogens is 3. The molecule has 0 N–H and O–H groups in total. The maximum atomic E-state index is 12.5. The summed E-state index contributed by atoms with van der Waals surface area (Å²) in [4.78, 5) is 12.5. The average Bonchev–Trinajstić information content (AvgIpc) is 3.46. The first-order chi connectivity index (χ1) is 13.3. The van der Waals surface area contributed by atoms with Crippen LogP contribution in [0.4, 0.5) is 0 Å². The van der Waals surface area contributed by atoms with Crippen molar-refractivity contribution in [3.63, 3.8) is 0 Å². The van der Waals surface area contributed by atoms with Gasteiger partial charge in [0.2, 0.25) is 5.76 Å². The highest BCUT2D eigenvalue weighted by atomic mass is 16.5. The molecule has 0 spiro atoms. The van der Waals surface area contributed by atoms with Crippen molar-refractivity contribution in [1.82, 2.24) is 14.9 Å². The summed E-state index contributed by atoms with van der Waals surface area (Å²) in [5, 5.41) is 8.37. The summed E-state index contributed by atoms with van der Waals surface area (Å²) < 4.78 is 12.4. The lowest BCUT2D eigenvalue weighted by Gasteiger charge is -2.11. The van der Waals surface area contributed by atoms with Gasteiger partial charge < -0.3 is 8.94 Å². The second-order valence-corrected chi connectivity index (χ2v) is 6.74. The fourth-order valence-electron chi connectivity index (χ4n) is 3.67. The molecule has 3 heterocycles. The molecule has 0 aliphatic heterocycles. The van der Waals surface area contributed by atoms with Gasteiger partial charge >= 0.3 is 0 Å². The predicted octanol–water partition coefficient (Wildman–Crippen LogP) is 4.09. The van der Waals surface area contributed by atoms with Crippen LogP contribution < -0.4 is 0 Å². The van der Waals surface area contributed by atoms with Crippen LogP contribution in [-0.4, -0.2) is 20.7 Å². The molecule has 1 atom stereocenters. The molecule has 5 rings (SSSR count). The molecule has 1 aromatic carbocycles. The molecule has 134 valence electrons. The van der Waals surface area contributed by atoms with E-state index in [2.05, 4.69) is 34.5 Å². The number of carbonyl (C=O) groups is 1. The lowest BCUT2D eigenvalue weighted by atomic mass is 10.1. The van der Waals surface area contributed by atoms with Crippen molar-refractivity contribution in [1.29, 1.82) is 0 Å². The summed E-state index contributed by atoms with van der Waals surface area (Å²) in [7, 11) is 0. The normalized spacial score (nSPS) is 15.8. The van der Waals surface area contributed by atoms with Crippen molar-refractivity contribution in [2.24, 2.45) is 0 Å². The first-order valence-electron chi connectivity index (χ1n) is 8.92. The Balaban J connectivity index is 1.32. The molecule has 0 unspecified atom stereocenters. The summed E-state index contributed by atoms with van der Waals surface area (Å²) in [6, 6.07) is 13.8. The molecule has 1 aliphatic carbocycles. The highest BCUT2D eigenvalue weighted by Gasteiger charge is 2.24. The van der Waals surface area contributed by atoms with E-state index in [9.17, 15) is 4.79 Å². The molecule has 27 heavy (non-hydrogen) atoms. The number of benzene rings is 1. The third-order valence-electron chi connectivity index (χ3n) is 5.00. The highest BCUT2D eigenvalue weighted by molar-refractivity contribution is 5.96. The molecule has 0 saturated carbocycles. The number of carbonyl (C=O) groups excluding carboxylic acids is 1. The molecule has 0 fully saturated rings. The molecular formula is C21H17N3O3. The van der Waals surface area contributed by atoms with Gasteiger partial charge in [-0.2, -0.15) is 5.10 Å². The van der Waals surface area contributed by atoms with E-state index in [4.69, 9.17) is 8.94 Å². The van der Waals surface area contributed by atoms with E-state index in [1.807, 2.05) is 10.9 Å². The van der Waals surface area contributed by atoms with E-state index in [0.717, 1.165) is 18.4 Å². The predicted molar refractivity (Wildman–Crippen MR) is 97.4 cm³/mol. The Labute approximate surface area is 155 Å². The standard InChI is InChI=1S/C21H17N3O3/c25-19(17-11-21(27-23-17)20-6-3-9-26-20)10-14-12-22-24(13-14)18-8-7-15-4-1-2-5-16(15)18/h1-6,9,11-13,18H,7-8,10H2/t18-/m0/s1. The first-order valence-corrected chi connectivity index (χ1v) is 8.92. The van der Waals surface area contributed by atoms with Crippen LogP contribution in [0.3, 0.4) is 0 Å². The van der Waals surface area contributed by atoms with Gasteiger partial charge in [-0.1, -0.05) is 29.4 Å². The van der Waals surface area contributed by atoms with Crippen LogP contribution in [0, 0.1) is 0 Å². The van der Waals surface area contributed by atoms with Crippen molar-refractivity contribution in [3.8, 4) is 11.5 Å². The molecule has 6 heteroatoms. The molecule has 0 bridgehead atoms. The number of hydrogen-bond acceptors (Lipinski definition) is 5. The molecule has 0 radical (unpaired) electrons. The summed E-state index contributed by atoms with van der Waals surface area (Å²) in [5.41, 5.74) is 3.86. The summed E-state index contributed by atoms with van der Waals surface area (Å²) >= 11 is 0. The van der Waals surface area contributed by atoms with E-state index in [-0.39, 0.29) is 18.2 Å². The number of fused-ring (bicyclic) bond motifs is 1. The first kappa shape index (κ1) is 15.8. The quantitative estimate of drug-likeness (QED) is 0.502. The van der Waals surface area contributed by atoms with Gasteiger partial charge in [0.05, 0.1) is 18.5 Å². The zero-order chi connectivity index (χ0) is 18.2. The van der Waals surface area contributed by atoms with E-state index < -0.39 is 0 Å². The van der Waals surface area contributed by atoms with E-state index in [0.29, 0.717) is 17.2 Å². The minimum atomic E-state index is -0.108. The largest absolute Gasteiger partial charge is 0.461 e. The van der Waals surface area contributed by atoms with Gasteiger partial charge in [0.25, 0.3) is 0 Å². The van der Waals surface area contributed by atoms with Crippen LogP contribution in [0.1, 0.15) is 39.6 Å². The number of furan rings is 1. The zero-order valence-electron chi connectivity index (χ0n) is 14.5.